The number of aliphatic hydroxyl groups is 1. The van der Waals surface area contributed by atoms with Crippen LogP contribution in [0.5, 0.6) is 0 Å². The van der Waals surface area contributed by atoms with E-state index >= 15 is 0 Å². The van der Waals surface area contributed by atoms with Crippen LogP contribution < -0.4 is 5.32 Å². The second-order valence-corrected chi connectivity index (χ2v) is 6.84. The maximum atomic E-state index is 10.4. The summed E-state index contributed by atoms with van der Waals surface area (Å²) in [7, 11) is 0. The van der Waals surface area contributed by atoms with Gasteiger partial charge >= 0.3 is 0 Å². The molecule has 4 heteroatoms. The van der Waals surface area contributed by atoms with Gasteiger partial charge in [-0.25, -0.2) is 0 Å². The first-order valence-corrected chi connectivity index (χ1v) is 8.84. The van der Waals surface area contributed by atoms with Crippen molar-refractivity contribution in [2.45, 2.75) is 25.6 Å². The molecule has 0 fully saturated rings. The first-order valence-electron chi connectivity index (χ1n) is 8.04. The monoisotopic (exact) mass is 386 g/mol. The highest BCUT2D eigenvalue weighted by Crippen LogP contribution is 2.23. The summed E-state index contributed by atoms with van der Waals surface area (Å²) < 4.78 is 6.97. The van der Waals surface area contributed by atoms with Crippen LogP contribution in [0, 0.1) is 0 Å². The minimum atomic E-state index is -0.493. The zero-order valence-electron chi connectivity index (χ0n) is 13.5. The Hall–Kier alpha value is -1.88. The zero-order chi connectivity index (χ0) is 16.9. The quantitative estimate of drug-likeness (QED) is 0.674. The fourth-order valence-corrected chi connectivity index (χ4v) is 2.91. The van der Waals surface area contributed by atoms with Gasteiger partial charge in [-0.3, -0.25) is 0 Å². The van der Waals surface area contributed by atoms with Crippen molar-refractivity contribution in [3.63, 3.8) is 0 Å². The summed E-state index contributed by atoms with van der Waals surface area (Å²) in [6.45, 7) is 2.72. The van der Waals surface area contributed by atoms with Crippen LogP contribution >= 0.6 is 15.9 Å². The maximum absolute atomic E-state index is 10.4. The third kappa shape index (κ3) is 4.15. The molecule has 2 atom stereocenters. The molecule has 0 aliphatic rings. The van der Waals surface area contributed by atoms with Gasteiger partial charge in [0.05, 0.1) is 0 Å². The molecule has 124 valence electrons. The molecule has 2 aromatic carbocycles. The van der Waals surface area contributed by atoms with Crippen LogP contribution in [-0.2, 0) is 6.54 Å². The summed E-state index contributed by atoms with van der Waals surface area (Å²) >= 11 is 3.44. The average Bonchev–Trinajstić information content (AvgIpc) is 3.09. The normalized spacial score (nSPS) is 13.6. The molecule has 0 aliphatic carbocycles. The number of quaternary nitrogens is 1. The summed E-state index contributed by atoms with van der Waals surface area (Å²) in [6.07, 6.45) is -0.493. The molecule has 24 heavy (non-hydrogen) atoms. The molecule has 1 heterocycles. The third-order valence-corrected chi connectivity index (χ3v) is 4.65. The lowest BCUT2D eigenvalue weighted by atomic mass is 10.0. The molecule has 0 bridgehead atoms. The third-order valence-electron chi connectivity index (χ3n) is 4.12. The van der Waals surface area contributed by atoms with Crippen molar-refractivity contribution >= 4 is 15.9 Å². The molecule has 0 aliphatic heterocycles. The van der Waals surface area contributed by atoms with E-state index < -0.39 is 6.10 Å². The summed E-state index contributed by atoms with van der Waals surface area (Å²) in [5.74, 6) is 1.77. The molecule has 3 aromatic rings. The van der Waals surface area contributed by atoms with Gasteiger partial charge in [0.15, 0.2) is 5.76 Å². The topological polar surface area (TPSA) is 50.0 Å². The standard InChI is InChI=1S/C20H20BrNO2/c1-14(20(23)16-5-3-2-4-6-16)22-13-18-11-12-19(24-18)15-7-9-17(21)10-8-15/h2-12,14,20,22-23H,13H2,1H3/p+1/t14-,20-/m1/s1. The molecule has 0 saturated carbocycles. The Labute approximate surface area is 150 Å². The molecule has 0 saturated heterocycles. The average molecular weight is 387 g/mol. The Balaban J connectivity index is 1.60. The van der Waals surface area contributed by atoms with Gasteiger partial charge in [-0.2, -0.15) is 0 Å². The number of hydrogen-bond acceptors (Lipinski definition) is 2. The van der Waals surface area contributed by atoms with Gasteiger partial charge in [-0.15, -0.1) is 0 Å². The Morgan fingerprint density at radius 3 is 2.42 bits per heavy atom. The van der Waals surface area contributed by atoms with Crippen LogP contribution in [0.15, 0.2) is 75.6 Å². The first kappa shape index (κ1) is 17.0. The molecule has 0 spiro atoms. The molecule has 1 aromatic heterocycles. The van der Waals surface area contributed by atoms with Crippen LogP contribution in [0.25, 0.3) is 11.3 Å². The van der Waals surface area contributed by atoms with Crippen molar-refractivity contribution in [1.82, 2.24) is 0 Å². The largest absolute Gasteiger partial charge is 0.455 e. The van der Waals surface area contributed by atoms with Gasteiger partial charge in [0.25, 0.3) is 0 Å². The van der Waals surface area contributed by atoms with Gasteiger partial charge < -0.3 is 14.8 Å². The zero-order valence-corrected chi connectivity index (χ0v) is 15.1. The lowest BCUT2D eigenvalue weighted by Gasteiger charge is -2.17. The van der Waals surface area contributed by atoms with Gasteiger partial charge in [-0.1, -0.05) is 58.4 Å². The molecular weight excluding hydrogens is 366 g/mol. The minimum Gasteiger partial charge on any atom is -0.455 e. The molecule has 0 unspecified atom stereocenters. The summed E-state index contributed by atoms with van der Waals surface area (Å²) in [5.41, 5.74) is 2.00. The van der Waals surface area contributed by atoms with Crippen LogP contribution in [-0.4, -0.2) is 11.1 Å². The predicted octanol–water partition coefficient (Wildman–Crippen LogP) is 3.89. The Morgan fingerprint density at radius 2 is 1.71 bits per heavy atom. The second kappa shape index (κ2) is 7.79. The van der Waals surface area contributed by atoms with E-state index in [9.17, 15) is 5.11 Å². The number of hydrogen-bond donors (Lipinski definition) is 2. The number of aliphatic hydroxyl groups excluding tert-OH is 1. The fourth-order valence-electron chi connectivity index (χ4n) is 2.64. The smallest absolute Gasteiger partial charge is 0.158 e. The van der Waals surface area contributed by atoms with Gasteiger partial charge in [-0.05, 0) is 36.8 Å². The number of nitrogens with two attached hydrogens (primary N) is 1. The fraction of sp³-hybridized carbons (Fsp3) is 0.200. The van der Waals surface area contributed by atoms with E-state index in [2.05, 4.69) is 21.2 Å². The summed E-state index contributed by atoms with van der Waals surface area (Å²) in [4.78, 5) is 0. The summed E-state index contributed by atoms with van der Waals surface area (Å²) in [5, 5.41) is 12.5. The van der Waals surface area contributed by atoms with Crippen LogP contribution in [0.4, 0.5) is 0 Å². The first-order chi connectivity index (χ1) is 11.6. The van der Waals surface area contributed by atoms with Crippen molar-refractivity contribution in [2.24, 2.45) is 0 Å². The van der Waals surface area contributed by atoms with Gasteiger partial charge in [0.2, 0.25) is 0 Å². The Morgan fingerprint density at radius 1 is 1.00 bits per heavy atom. The van der Waals surface area contributed by atoms with Gasteiger partial charge in [0, 0.05) is 10.0 Å². The van der Waals surface area contributed by atoms with E-state index in [0.717, 1.165) is 27.1 Å². The van der Waals surface area contributed by atoms with Crippen LogP contribution in [0.1, 0.15) is 24.4 Å². The number of halogens is 1. The van der Waals surface area contributed by atoms with E-state index in [1.165, 1.54) is 0 Å². The number of rotatable bonds is 6. The van der Waals surface area contributed by atoms with E-state index in [1.807, 2.05) is 73.7 Å². The SMILES string of the molecule is C[C@@H]([NH2+]Cc1ccc(-c2ccc(Br)cc2)o1)[C@@H](O)c1ccccc1. The van der Waals surface area contributed by atoms with E-state index in [0.29, 0.717) is 6.54 Å². The van der Waals surface area contributed by atoms with E-state index in [1.54, 1.807) is 0 Å². The molecule has 3 nitrogen and oxygen atoms in total. The van der Waals surface area contributed by atoms with Crippen LogP contribution in [0.2, 0.25) is 0 Å². The molecule has 3 N–H and O–H groups in total. The van der Waals surface area contributed by atoms with Crippen LogP contribution in [0.3, 0.4) is 0 Å². The second-order valence-electron chi connectivity index (χ2n) is 5.93. The number of benzene rings is 2. The highest BCUT2D eigenvalue weighted by atomic mass is 79.9. The van der Waals surface area contributed by atoms with Crippen molar-refractivity contribution in [3.8, 4) is 11.3 Å². The lowest BCUT2D eigenvalue weighted by molar-refractivity contribution is -0.710. The predicted molar refractivity (Wildman–Crippen MR) is 98.3 cm³/mol. The van der Waals surface area contributed by atoms with Gasteiger partial charge in [0.1, 0.15) is 24.5 Å². The summed E-state index contributed by atoms with van der Waals surface area (Å²) in [6, 6.07) is 21.8. The minimum absolute atomic E-state index is 0.0497. The highest BCUT2D eigenvalue weighted by Gasteiger charge is 2.19. The van der Waals surface area contributed by atoms with Crippen molar-refractivity contribution in [3.05, 3.63) is 82.5 Å². The molecule has 3 rings (SSSR count). The van der Waals surface area contributed by atoms with Crippen molar-refractivity contribution in [2.75, 3.05) is 0 Å². The molecule has 0 amide bonds. The highest BCUT2D eigenvalue weighted by molar-refractivity contribution is 9.10. The molecular formula is C20H21BrNO2+. The Bertz CT molecular complexity index is 768. The number of furan rings is 1. The van der Waals surface area contributed by atoms with E-state index in [-0.39, 0.29) is 6.04 Å². The lowest BCUT2D eigenvalue weighted by Crippen LogP contribution is -2.88. The maximum Gasteiger partial charge on any atom is 0.158 e. The molecule has 0 radical (unpaired) electrons. The van der Waals surface area contributed by atoms with Crippen molar-refractivity contribution < 1.29 is 14.8 Å². The Kier molecular flexibility index (Phi) is 5.51. The van der Waals surface area contributed by atoms with E-state index in [4.69, 9.17) is 4.42 Å². The van der Waals surface area contributed by atoms with Crippen molar-refractivity contribution in [1.29, 1.82) is 0 Å².